The van der Waals surface area contributed by atoms with Crippen LogP contribution >= 0.6 is 10.7 Å². The molecule has 0 fully saturated rings. The lowest BCUT2D eigenvalue weighted by molar-refractivity contribution is 0.200. The van der Waals surface area contributed by atoms with Gasteiger partial charge in [-0.25, -0.2) is 8.42 Å². The van der Waals surface area contributed by atoms with Gasteiger partial charge in [0.05, 0.1) is 24.8 Å². The van der Waals surface area contributed by atoms with E-state index >= 15 is 0 Å². The van der Waals surface area contributed by atoms with Crippen LogP contribution < -0.4 is 4.74 Å². The monoisotopic (exact) mass is 294 g/mol. The second-order valence-electron chi connectivity index (χ2n) is 5.08. The van der Waals surface area contributed by atoms with Crippen LogP contribution in [0.5, 0.6) is 5.75 Å². The highest BCUT2D eigenvalue weighted by Crippen LogP contribution is 2.22. The Morgan fingerprint density at radius 2 is 2.17 bits per heavy atom. The second-order valence-corrected chi connectivity index (χ2v) is 7.85. The third-order valence-electron chi connectivity index (χ3n) is 2.25. The Bertz CT molecular complexity index is 482. The van der Waals surface area contributed by atoms with Gasteiger partial charge in [-0.05, 0) is 6.42 Å². The summed E-state index contributed by atoms with van der Waals surface area (Å²) in [5.41, 5.74) is -0.534. The molecule has 0 aromatic carbocycles. The molecule has 0 N–H and O–H groups in total. The van der Waals surface area contributed by atoms with Gasteiger partial charge in [0.1, 0.15) is 0 Å². The normalized spacial score (nSPS) is 12.7. The van der Waals surface area contributed by atoms with E-state index in [1.165, 1.54) is 0 Å². The lowest BCUT2D eigenvalue weighted by Gasteiger charge is -2.22. The molecule has 7 heteroatoms. The van der Waals surface area contributed by atoms with Crippen molar-refractivity contribution in [2.75, 3.05) is 12.4 Å². The molecule has 18 heavy (non-hydrogen) atoms. The first-order valence-corrected chi connectivity index (χ1v) is 8.27. The van der Waals surface area contributed by atoms with Crippen molar-refractivity contribution in [2.24, 2.45) is 5.41 Å². The number of rotatable bonds is 7. The molecule has 1 aromatic rings. The molecule has 1 rings (SSSR count). The van der Waals surface area contributed by atoms with Crippen molar-refractivity contribution in [1.82, 2.24) is 9.78 Å². The molecular formula is C11H19ClN2O3S. The molecule has 0 saturated carbocycles. The third-order valence-corrected chi connectivity index (χ3v) is 3.71. The highest BCUT2D eigenvalue weighted by molar-refractivity contribution is 8.13. The smallest absolute Gasteiger partial charge is 0.233 e. The van der Waals surface area contributed by atoms with Crippen LogP contribution in [0.3, 0.4) is 0 Å². The summed E-state index contributed by atoms with van der Waals surface area (Å²) in [7, 11) is 1.73. The number of nitrogens with zero attached hydrogens (tertiary/aromatic N) is 2. The molecule has 5 nitrogen and oxygen atoms in total. The Labute approximate surface area is 113 Å². The summed E-state index contributed by atoms with van der Waals surface area (Å²) < 4.78 is 29.4. The van der Waals surface area contributed by atoms with Crippen LogP contribution in [0.4, 0.5) is 0 Å². The summed E-state index contributed by atoms with van der Waals surface area (Å²) in [5, 5.41) is 4.13. The van der Waals surface area contributed by atoms with E-state index in [9.17, 15) is 8.42 Å². The first-order valence-electron chi connectivity index (χ1n) is 5.79. The number of aromatic nitrogens is 2. The largest absolute Gasteiger partial charge is 0.490 e. The van der Waals surface area contributed by atoms with Gasteiger partial charge < -0.3 is 4.74 Å². The highest BCUT2D eigenvalue weighted by Gasteiger charge is 2.26. The maximum absolute atomic E-state index is 11.0. The zero-order chi connectivity index (χ0) is 13.8. The molecule has 0 bridgehead atoms. The number of hydrogen-bond acceptors (Lipinski definition) is 4. The van der Waals surface area contributed by atoms with Crippen LogP contribution in [0.1, 0.15) is 27.2 Å². The average molecular weight is 295 g/mol. The van der Waals surface area contributed by atoms with Gasteiger partial charge in [0, 0.05) is 22.6 Å². The molecule has 0 atom stereocenters. The lowest BCUT2D eigenvalue weighted by atomic mass is 9.98. The molecule has 0 saturated heterocycles. The van der Waals surface area contributed by atoms with E-state index in [2.05, 4.69) is 12.0 Å². The van der Waals surface area contributed by atoms with E-state index < -0.39 is 14.5 Å². The van der Waals surface area contributed by atoms with Gasteiger partial charge in [-0.2, -0.15) is 5.10 Å². The zero-order valence-electron chi connectivity index (χ0n) is 10.9. The maximum atomic E-state index is 11.0. The van der Waals surface area contributed by atoms with Gasteiger partial charge in [-0.3, -0.25) is 4.68 Å². The minimum atomic E-state index is -3.52. The van der Waals surface area contributed by atoms with Crippen LogP contribution in [-0.4, -0.2) is 30.6 Å². The van der Waals surface area contributed by atoms with E-state index in [0.717, 1.165) is 13.0 Å². The van der Waals surface area contributed by atoms with Gasteiger partial charge in [-0.1, -0.05) is 20.8 Å². The molecule has 0 unspecified atom stereocenters. The van der Waals surface area contributed by atoms with Crippen molar-refractivity contribution >= 4 is 19.7 Å². The van der Waals surface area contributed by atoms with Crippen molar-refractivity contribution in [1.29, 1.82) is 0 Å². The highest BCUT2D eigenvalue weighted by atomic mass is 35.7. The SMILES string of the molecule is CCCn1cc(OCC(C)(C)CS(=O)(=O)Cl)cn1. The van der Waals surface area contributed by atoms with Gasteiger partial charge in [0.2, 0.25) is 9.05 Å². The van der Waals surface area contributed by atoms with Crippen molar-refractivity contribution in [3.8, 4) is 5.75 Å². The number of halogens is 1. The van der Waals surface area contributed by atoms with Gasteiger partial charge in [0.25, 0.3) is 0 Å². The molecule has 1 aromatic heterocycles. The van der Waals surface area contributed by atoms with Crippen LogP contribution in [0.2, 0.25) is 0 Å². The summed E-state index contributed by atoms with van der Waals surface area (Å²) in [4.78, 5) is 0. The summed E-state index contributed by atoms with van der Waals surface area (Å²) in [6.07, 6.45) is 4.42. The van der Waals surface area contributed by atoms with Crippen molar-refractivity contribution in [3.05, 3.63) is 12.4 Å². The van der Waals surface area contributed by atoms with E-state index in [1.807, 2.05) is 0 Å². The van der Waals surface area contributed by atoms with E-state index in [4.69, 9.17) is 15.4 Å². The Kier molecular flexibility index (Phi) is 5.04. The topological polar surface area (TPSA) is 61.2 Å². The van der Waals surface area contributed by atoms with E-state index in [1.54, 1.807) is 30.9 Å². The van der Waals surface area contributed by atoms with Crippen LogP contribution in [-0.2, 0) is 15.6 Å². The number of hydrogen-bond donors (Lipinski definition) is 0. The van der Waals surface area contributed by atoms with E-state index in [-0.39, 0.29) is 12.4 Å². The van der Waals surface area contributed by atoms with Crippen LogP contribution in [0.25, 0.3) is 0 Å². The van der Waals surface area contributed by atoms with Crippen LogP contribution in [0.15, 0.2) is 12.4 Å². The Hall–Kier alpha value is -0.750. The maximum Gasteiger partial charge on any atom is 0.233 e. The number of ether oxygens (including phenoxy) is 1. The molecule has 0 radical (unpaired) electrons. The minimum Gasteiger partial charge on any atom is -0.490 e. The minimum absolute atomic E-state index is 0.120. The van der Waals surface area contributed by atoms with Crippen molar-refractivity contribution in [3.63, 3.8) is 0 Å². The van der Waals surface area contributed by atoms with Crippen LogP contribution in [0, 0.1) is 5.41 Å². The zero-order valence-corrected chi connectivity index (χ0v) is 12.5. The number of aryl methyl sites for hydroxylation is 1. The quantitative estimate of drug-likeness (QED) is 0.724. The molecular weight excluding hydrogens is 276 g/mol. The van der Waals surface area contributed by atoms with Gasteiger partial charge in [0.15, 0.2) is 5.75 Å². The lowest BCUT2D eigenvalue weighted by Crippen LogP contribution is -2.28. The molecule has 0 aliphatic heterocycles. The van der Waals surface area contributed by atoms with Crippen molar-refractivity contribution in [2.45, 2.75) is 33.7 Å². The average Bonchev–Trinajstić information content (AvgIpc) is 2.60. The molecule has 0 aliphatic carbocycles. The van der Waals surface area contributed by atoms with Gasteiger partial charge in [-0.15, -0.1) is 0 Å². The molecule has 0 spiro atoms. The third kappa shape index (κ3) is 5.73. The Balaban J connectivity index is 2.53. The van der Waals surface area contributed by atoms with Crippen molar-refractivity contribution < 1.29 is 13.2 Å². The van der Waals surface area contributed by atoms with E-state index in [0.29, 0.717) is 5.75 Å². The summed E-state index contributed by atoms with van der Waals surface area (Å²) in [5.74, 6) is 0.522. The fourth-order valence-electron chi connectivity index (χ4n) is 1.56. The Morgan fingerprint density at radius 3 is 2.72 bits per heavy atom. The Morgan fingerprint density at radius 1 is 1.50 bits per heavy atom. The second kappa shape index (κ2) is 5.93. The summed E-state index contributed by atoms with van der Waals surface area (Å²) in [6.45, 7) is 6.77. The molecule has 0 aliphatic rings. The summed E-state index contributed by atoms with van der Waals surface area (Å²) >= 11 is 0. The standard InChI is InChI=1S/C11H19ClN2O3S/c1-4-5-14-7-10(6-13-14)17-8-11(2,3)9-18(12,15)16/h6-7H,4-5,8-9H2,1-3H3. The molecule has 104 valence electrons. The molecule has 0 amide bonds. The first kappa shape index (κ1) is 15.3. The fourth-order valence-corrected chi connectivity index (χ4v) is 3.46. The predicted octanol–water partition coefficient (Wildman–Crippen LogP) is 2.27. The first-order chi connectivity index (χ1) is 8.22. The fraction of sp³-hybridized carbons (Fsp3) is 0.727. The predicted molar refractivity (Wildman–Crippen MR) is 71.4 cm³/mol. The van der Waals surface area contributed by atoms with Gasteiger partial charge >= 0.3 is 0 Å². The summed E-state index contributed by atoms with van der Waals surface area (Å²) in [6, 6.07) is 0. The molecule has 1 heterocycles.